The van der Waals surface area contributed by atoms with Gasteiger partial charge in [0.25, 0.3) is 0 Å². The number of amides is 1. The molecule has 0 spiro atoms. The van der Waals surface area contributed by atoms with Gasteiger partial charge in [-0.05, 0) is 54.9 Å². The van der Waals surface area contributed by atoms with Crippen LogP contribution in [0, 0.1) is 6.92 Å². The van der Waals surface area contributed by atoms with Crippen LogP contribution in [-0.2, 0) is 11.2 Å². The van der Waals surface area contributed by atoms with Crippen LogP contribution in [-0.4, -0.2) is 31.8 Å². The number of methoxy groups -OCH3 is 2. The molecule has 0 bridgehead atoms. The smallest absolute Gasteiger partial charge is 0.250 e. The predicted octanol–water partition coefficient (Wildman–Crippen LogP) is 3.26. The topological polar surface area (TPSA) is 59.6 Å². The Labute approximate surface area is 165 Å². The zero-order chi connectivity index (χ0) is 19.6. The van der Waals surface area contributed by atoms with Crippen molar-refractivity contribution >= 4 is 29.3 Å². The Morgan fingerprint density at radius 1 is 1.07 bits per heavy atom. The zero-order valence-electron chi connectivity index (χ0n) is 15.7. The average molecular weight is 385 g/mol. The molecule has 0 aromatic heterocycles. The third-order valence-electron chi connectivity index (χ3n) is 3.89. The van der Waals surface area contributed by atoms with Gasteiger partial charge in [0.2, 0.25) is 5.91 Å². The minimum Gasteiger partial charge on any atom is -0.493 e. The lowest BCUT2D eigenvalue weighted by molar-refractivity contribution is -0.115. The fraction of sp³-hybridized carbons (Fsp3) is 0.238. The summed E-state index contributed by atoms with van der Waals surface area (Å²) in [5.74, 6) is 1.11. The molecule has 0 unspecified atom stereocenters. The Balaban J connectivity index is 1.77. The fourth-order valence-electron chi connectivity index (χ4n) is 2.40. The molecule has 2 rings (SSSR count). The highest BCUT2D eigenvalue weighted by molar-refractivity contribution is 7.80. The molecule has 0 aliphatic heterocycles. The van der Waals surface area contributed by atoms with Crippen molar-refractivity contribution in [2.45, 2.75) is 13.3 Å². The Bertz CT molecular complexity index is 817. The number of hydrogen-bond acceptors (Lipinski definition) is 4. The number of hydrogen-bond donors (Lipinski definition) is 2. The molecule has 2 aromatic carbocycles. The molecule has 0 saturated carbocycles. The van der Waals surface area contributed by atoms with Gasteiger partial charge < -0.3 is 14.8 Å². The Hall–Kier alpha value is -2.86. The molecule has 2 N–H and O–H groups in total. The van der Waals surface area contributed by atoms with E-state index in [1.165, 1.54) is 11.6 Å². The van der Waals surface area contributed by atoms with Crippen molar-refractivity contribution < 1.29 is 14.3 Å². The van der Waals surface area contributed by atoms with E-state index in [9.17, 15) is 4.79 Å². The van der Waals surface area contributed by atoms with Gasteiger partial charge in [-0.3, -0.25) is 10.1 Å². The summed E-state index contributed by atoms with van der Waals surface area (Å²) < 4.78 is 10.5. The lowest BCUT2D eigenvalue weighted by Crippen LogP contribution is -2.39. The highest BCUT2D eigenvalue weighted by Crippen LogP contribution is 2.27. The van der Waals surface area contributed by atoms with E-state index in [0.29, 0.717) is 23.2 Å². The van der Waals surface area contributed by atoms with Crippen molar-refractivity contribution in [3.8, 4) is 11.5 Å². The Morgan fingerprint density at radius 2 is 1.78 bits per heavy atom. The van der Waals surface area contributed by atoms with E-state index in [4.69, 9.17) is 21.7 Å². The normalized spacial score (nSPS) is 10.5. The molecular weight excluding hydrogens is 360 g/mol. The van der Waals surface area contributed by atoms with Crippen LogP contribution in [0.1, 0.15) is 16.7 Å². The summed E-state index contributed by atoms with van der Waals surface area (Å²) in [5.41, 5.74) is 3.22. The van der Waals surface area contributed by atoms with Gasteiger partial charge in [0, 0.05) is 12.6 Å². The first kappa shape index (κ1) is 20.5. The van der Waals surface area contributed by atoms with Crippen molar-refractivity contribution in [1.29, 1.82) is 0 Å². The van der Waals surface area contributed by atoms with Gasteiger partial charge in [0.15, 0.2) is 16.6 Å². The monoisotopic (exact) mass is 384 g/mol. The number of aryl methyl sites for hydroxylation is 1. The van der Waals surface area contributed by atoms with Crippen LogP contribution in [0.15, 0.2) is 48.5 Å². The standard InChI is InChI=1S/C21H24N2O3S/c1-15-4-6-16(7-5-15)9-11-20(24)23-21(27)22-13-12-17-8-10-18(25-2)19(14-17)26-3/h4-11,14H,12-13H2,1-3H3,(H2,22,23,24,27). The largest absolute Gasteiger partial charge is 0.493 e. The molecule has 0 aliphatic carbocycles. The number of carbonyl (C=O) groups excluding carboxylic acids is 1. The second-order valence-electron chi connectivity index (χ2n) is 5.93. The van der Waals surface area contributed by atoms with Gasteiger partial charge in [0.05, 0.1) is 14.2 Å². The van der Waals surface area contributed by atoms with E-state index < -0.39 is 0 Å². The van der Waals surface area contributed by atoms with Gasteiger partial charge >= 0.3 is 0 Å². The Kier molecular flexibility index (Phi) is 7.82. The maximum Gasteiger partial charge on any atom is 0.250 e. The van der Waals surface area contributed by atoms with E-state index in [1.54, 1.807) is 20.3 Å². The summed E-state index contributed by atoms with van der Waals surface area (Å²) in [6, 6.07) is 13.7. The molecule has 142 valence electrons. The average Bonchev–Trinajstić information content (AvgIpc) is 2.67. The highest BCUT2D eigenvalue weighted by atomic mass is 32.1. The number of rotatable bonds is 7. The van der Waals surface area contributed by atoms with Crippen molar-refractivity contribution in [1.82, 2.24) is 10.6 Å². The summed E-state index contributed by atoms with van der Waals surface area (Å²) >= 11 is 5.16. The van der Waals surface area contributed by atoms with Gasteiger partial charge in [-0.2, -0.15) is 0 Å². The first-order valence-electron chi connectivity index (χ1n) is 8.56. The van der Waals surface area contributed by atoms with Gasteiger partial charge in [-0.15, -0.1) is 0 Å². The molecule has 27 heavy (non-hydrogen) atoms. The number of ether oxygens (including phenoxy) is 2. The lowest BCUT2D eigenvalue weighted by Gasteiger charge is -2.11. The van der Waals surface area contributed by atoms with E-state index in [0.717, 1.165) is 17.5 Å². The SMILES string of the molecule is COc1ccc(CCNC(=S)NC(=O)C=Cc2ccc(C)cc2)cc1OC. The first-order valence-corrected chi connectivity index (χ1v) is 8.97. The third-order valence-corrected chi connectivity index (χ3v) is 4.13. The second-order valence-corrected chi connectivity index (χ2v) is 6.34. The van der Waals surface area contributed by atoms with Crippen LogP contribution in [0.2, 0.25) is 0 Å². The third kappa shape index (κ3) is 6.75. The first-order chi connectivity index (χ1) is 13.0. The van der Waals surface area contributed by atoms with Gasteiger partial charge in [-0.25, -0.2) is 0 Å². The van der Waals surface area contributed by atoms with Crippen LogP contribution in [0.3, 0.4) is 0 Å². The molecule has 0 aliphatic rings. The van der Waals surface area contributed by atoms with Crippen LogP contribution >= 0.6 is 12.2 Å². The zero-order valence-corrected chi connectivity index (χ0v) is 16.6. The maximum atomic E-state index is 11.9. The number of thiocarbonyl (C=S) groups is 1. The van der Waals surface area contributed by atoms with E-state index >= 15 is 0 Å². The molecule has 0 fully saturated rings. The molecule has 2 aromatic rings. The van der Waals surface area contributed by atoms with Crippen LogP contribution in [0.5, 0.6) is 11.5 Å². The molecule has 0 heterocycles. The lowest BCUT2D eigenvalue weighted by atomic mass is 10.1. The van der Waals surface area contributed by atoms with E-state index in [1.807, 2.05) is 49.4 Å². The summed E-state index contributed by atoms with van der Waals surface area (Å²) in [5, 5.41) is 5.97. The Morgan fingerprint density at radius 3 is 2.44 bits per heavy atom. The van der Waals surface area contributed by atoms with Gasteiger partial charge in [0.1, 0.15) is 0 Å². The molecule has 0 radical (unpaired) electrons. The second kappa shape index (κ2) is 10.3. The molecule has 0 atom stereocenters. The van der Waals surface area contributed by atoms with E-state index in [-0.39, 0.29) is 5.91 Å². The van der Waals surface area contributed by atoms with Crippen LogP contribution in [0.25, 0.3) is 6.08 Å². The minimum atomic E-state index is -0.265. The van der Waals surface area contributed by atoms with Crippen molar-refractivity contribution in [2.24, 2.45) is 0 Å². The predicted molar refractivity (Wildman–Crippen MR) is 112 cm³/mol. The quantitative estimate of drug-likeness (QED) is 0.567. The van der Waals surface area contributed by atoms with Crippen LogP contribution < -0.4 is 20.1 Å². The van der Waals surface area contributed by atoms with Crippen LogP contribution in [0.4, 0.5) is 0 Å². The summed E-state index contributed by atoms with van der Waals surface area (Å²) in [6.07, 6.45) is 3.95. The number of benzene rings is 2. The fourth-order valence-corrected chi connectivity index (χ4v) is 2.61. The molecule has 0 saturated heterocycles. The van der Waals surface area contributed by atoms with Crippen molar-refractivity contribution in [2.75, 3.05) is 20.8 Å². The summed E-state index contributed by atoms with van der Waals surface area (Å²) in [7, 11) is 3.21. The molecule has 6 heteroatoms. The maximum absolute atomic E-state index is 11.9. The number of nitrogens with one attached hydrogen (secondary N) is 2. The van der Waals surface area contributed by atoms with E-state index in [2.05, 4.69) is 10.6 Å². The highest BCUT2D eigenvalue weighted by Gasteiger charge is 2.05. The molecule has 1 amide bonds. The summed E-state index contributed by atoms with van der Waals surface area (Å²) in [4.78, 5) is 11.9. The molecular formula is C21H24N2O3S. The van der Waals surface area contributed by atoms with Gasteiger partial charge in [-0.1, -0.05) is 35.9 Å². The summed E-state index contributed by atoms with van der Waals surface area (Å²) in [6.45, 7) is 2.61. The minimum absolute atomic E-state index is 0.265. The van der Waals surface area contributed by atoms with Crippen molar-refractivity contribution in [3.63, 3.8) is 0 Å². The van der Waals surface area contributed by atoms with Crippen molar-refractivity contribution in [3.05, 3.63) is 65.2 Å². The number of carbonyl (C=O) groups is 1. The molecule has 5 nitrogen and oxygen atoms in total.